The number of aromatic nitrogens is 2. The van der Waals surface area contributed by atoms with Crippen LogP contribution in [-0.2, 0) is 9.84 Å². The Labute approximate surface area is 239 Å². The molecule has 40 heavy (non-hydrogen) atoms. The van der Waals surface area contributed by atoms with Gasteiger partial charge < -0.3 is 13.9 Å². The zero-order valence-corrected chi connectivity index (χ0v) is 25.5. The van der Waals surface area contributed by atoms with Gasteiger partial charge in [0.05, 0.1) is 25.6 Å². The van der Waals surface area contributed by atoms with Crippen LogP contribution in [0, 0.1) is 19.8 Å². The first-order valence-corrected chi connectivity index (χ1v) is 15.9. The van der Waals surface area contributed by atoms with Gasteiger partial charge in [-0.15, -0.1) is 0 Å². The summed E-state index contributed by atoms with van der Waals surface area (Å²) in [5, 5.41) is 2.51. The number of aryl methyl sites for hydroxylation is 2. The number of methoxy groups -OCH3 is 1. The van der Waals surface area contributed by atoms with Crippen molar-refractivity contribution in [3.8, 4) is 11.5 Å². The Balaban J connectivity index is 1.50. The van der Waals surface area contributed by atoms with Gasteiger partial charge in [0.2, 0.25) is 0 Å². The topological polar surface area (TPSA) is 53.5 Å². The molecule has 1 aliphatic rings. The number of nitrogens with zero attached hydrogens (tertiary/aromatic N) is 2. The third-order valence-electron chi connectivity index (χ3n) is 8.33. The summed E-state index contributed by atoms with van der Waals surface area (Å²) in [6, 6.07) is 30.0. The van der Waals surface area contributed by atoms with Crippen molar-refractivity contribution in [2.75, 3.05) is 20.3 Å². The summed E-state index contributed by atoms with van der Waals surface area (Å²) < 4.78 is 19.6. The van der Waals surface area contributed by atoms with E-state index in [1.807, 2.05) is 26.0 Å². The molecule has 6 heteroatoms. The van der Waals surface area contributed by atoms with Crippen molar-refractivity contribution in [1.29, 1.82) is 0 Å². The normalized spacial score (nSPS) is 18.8. The number of para-hydroxylation sites is 1. The number of rotatable bonds is 10. The molecule has 4 aromatic rings. The largest absolute Gasteiger partial charge is 0.496 e. The lowest BCUT2D eigenvalue weighted by Gasteiger charge is -2.43. The fraction of sp³-hybridized carbons (Fsp3) is 0.353. The zero-order valence-electron chi connectivity index (χ0n) is 24.5. The van der Waals surface area contributed by atoms with Crippen molar-refractivity contribution >= 4 is 18.7 Å². The van der Waals surface area contributed by atoms with Crippen LogP contribution >= 0.6 is 0 Å². The minimum Gasteiger partial charge on any atom is -0.496 e. The molecule has 1 aliphatic carbocycles. The maximum Gasteiger partial charge on any atom is 0.261 e. The smallest absolute Gasteiger partial charge is 0.261 e. The Hall–Kier alpha value is -3.48. The van der Waals surface area contributed by atoms with Crippen LogP contribution < -0.4 is 19.8 Å². The minimum atomic E-state index is -2.65. The summed E-state index contributed by atoms with van der Waals surface area (Å²) in [6.45, 7) is 12.0. The molecule has 1 saturated carbocycles. The molecule has 2 atom stereocenters. The van der Waals surface area contributed by atoms with E-state index in [4.69, 9.17) is 13.9 Å². The summed E-state index contributed by atoms with van der Waals surface area (Å²) in [5.41, 5.74) is 1.79. The highest BCUT2D eigenvalue weighted by molar-refractivity contribution is 6.99. The molecule has 0 saturated heterocycles. The number of hydrogen-bond acceptors (Lipinski definition) is 5. The van der Waals surface area contributed by atoms with Crippen LogP contribution in [0.5, 0.6) is 11.5 Å². The van der Waals surface area contributed by atoms with Crippen molar-refractivity contribution in [1.82, 2.24) is 9.97 Å². The Morgan fingerprint density at radius 3 is 2.02 bits per heavy atom. The number of ether oxygens (including phenoxy) is 2. The summed E-state index contributed by atoms with van der Waals surface area (Å²) in [5.74, 6) is 2.62. The molecule has 0 spiro atoms. The van der Waals surface area contributed by atoms with Gasteiger partial charge in [-0.3, -0.25) is 0 Å². The van der Waals surface area contributed by atoms with Gasteiger partial charge in [0, 0.05) is 17.6 Å². The average Bonchev–Trinajstić information content (AvgIpc) is 3.67. The summed E-state index contributed by atoms with van der Waals surface area (Å²) in [7, 11) is -0.914. The van der Waals surface area contributed by atoms with Gasteiger partial charge >= 0.3 is 0 Å². The van der Waals surface area contributed by atoms with Crippen molar-refractivity contribution in [2.24, 2.45) is 5.92 Å². The number of hydrogen-bond donors (Lipinski definition) is 0. The standard InChI is InChI=1S/C34H40N2O3Si/c1-25-32(22-35-26(2)36-25)38-24-34(30-19-13-14-20-31(30)37-6)21-27(34)23-39-40(33(3,4)5,28-15-9-7-10-16-28)29-17-11-8-12-18-29/h7-20,22,27H,21,23-24H2,1-6H3/t27-,34-/m0/s1. The Morgan fingerprint density at radius 2 is 1.45 bits per heavy atom. The molecule has 1 fully saturated rings. The highest BCUT2D eigenvalue weighted by Crippen LogP contribution is 2.57. The minimum absolute atomic E-state index is 0.0788. The van der Waals surface area contributed by atoms with Crippen molar-refractivity contribution in [3.63, 3.8) is 0 Å². The van der Waals surface area contributed by atoms with Crippen LogP contribution in [0.25, 0.3) is 0 Å². The van der Waals surface area contributed by atoms with Crippen molar-refractivity contribution in [3.05, 3.63) is 108 Å². The summed E-state index contributed by atoms with van der Waals surface area (Å²) in [6.07, 6.45) is 2.74. The van der Waals surface area contributed by atoms with Crippen molar-refractivity contribution < 1.29 is 13.9 Å². The molecule has 0 bridgehead atoms. The van der Waals surface area contributed by atoms with Crippen LogP contribution in [0.3, 0.4) is 0 Å². The van der Waals surface area contributed by atoms with Gasteiger partial charge in [-0.2, -0.15) is 0 Å². The molecule has 5 nitrogen and oxygen atoms in total. The van der Waals surface area contributed by atoms with Gasteiger partial charge in [0.15, 0.2) is 5.75 Å². The first-order valence-electron chi connectivity index (χ1n) is 14.0. The highest BCUT2D eigenvalue weighted by Gasteiger charge is 2.59. The SMILES string of the molecule is COc1ccccc1[C@]1(COc2cnc(C)nc2C)C[C@H]1CO[Si](c1ccccc1)(c1ccccc1)C(C)(C)C. The third-order valence-corrected chi connectivity index (χ3v) is 13.3. The molecule has 0 aliphatic heterocycles. The highest BCUT2D eigenvalue weighted by atomic mass is 28.4. The van der Waals surface area contributed by atoms with Crippen molar-refractivity contribution in [2.45, 2.75) is 51.5 Å². The molecule has 0 unspecified atom stereocenters. The molecular weight excluding hydrogens is 512 g/mol. The van der Waals surface area contributed by atoms with Crippen LogP contribution in [-0.4, -0.2) is 38.6 Å². The Kier molecular flexibility index (Phi) is 7.84. The van der Waals surface area contributed by atoms with Gasteiger partial charge in [0.25, 0.3) is 8.32 Å². The van der Waals surface area contributed by atoms with Crippen LogP contribution in [0.1, 0.15) is 44.3 Å². The van der Waals surface area contributed by atoms with Crippen LogP contribution in [0.15, 0.2) is 91.1 Å². The molecule has 0 N–H and O–H groups in total. The van der Waals surface area contributed by atoms with Crippen LogP contribution in [0.2, 0.25) is 5.04 Å². The second-order valence-electron chi connectivity index (χ2n) is 11.9. The second kappa shape index (κ2) is 11.2. The van der Waals surface area contributed by atoms with Crippen LogP contribution in [0.4, 0.5) is 0 Å². The maximum absolute atomic E-state index is 7.35. The summed E-state index contributed by atoms with van der Waals surface area (Å²) in [4.78, 5) is 8.87. The van der Waals surface area contributed by atoms with E-state index in [1.165, 1.54) is 15.9 Å². The van der Waals surface area contributed by atoms with E-state index in [0.717, 1.165) is 29.4 Å². The van der Waals surface area contributed by atoms with E-state index < -0.39 is 8.32 Å². The van der Waals surface area contributed by atoms with E-state index >= 15 is 0 Å². The van der Waals surface area contributed by atoms with Gasteiger partial charge in [0.1, 0.15) is 11.6 Å². The zero-order chi connectivity index (χ0) is 28.4. The Morgan fingerprint density at radius 1 is 0.850 bits per heavy atom. The Bertz CT molecular complexity index is 1400. The molecule has 208 valence electrons. The predicted molar refractivity (Wildman–Crippen MR) is 163 cm³/mol. The molecular formula is C34H40N2O3Si. The fourth-order valence-electron chi connectivity index (χ4n) is 6.15. The lowest BCUT2D eigenvalue weighted by molar-refractivity contribution is 0.226. The van der Waals surface area contributed by atoms with E-state index in [0.29, 0.717) is 13.2 Å². The molecule has 1 aromatic heterocycles. The number of benzene rings is 3. The summed E-state index contributed by atoms with van der Waals surface area (Å²) >= 11 is 0. The monoisotopic (exact) mass is 552 g/mol. The third kappa shape index (κ3) is 5.18. The maximum atomic E-state index is 7.35. The predicted octanol–water partition coefficient (Wildman–Crippen LogP) is 6.02. The van der Waals surface area contributed by atoms with Gasteiger partial charge in [-0.25, -0.2) is 9.97 Å². The molecule has 3 aromatic carbocycles. The molecule has 1 heterocycles. The molecule has 0 radical (unpaired) electrons. The van der Waals surface area contributed by atoms with Gasteiger partial charge in [-0.1, -0.05) is 99.6 Å². The lowest BCUT2D eigenvalue weighted by Crippen LogP contribution is -2.66. The van der Waals surface area contributed by atoms with E-state index in [9.17, 15) is 0 Å². The second-order valence-corrected chi connectivity index (χ2v) is 16.2. The van der Waals surface area contributed by atoms with E-state index in [1.54, 1.807) is 13.3 Å². The van der Waals surface area contributed by atoms with Gasteiger partial charge in [-0.05, 0) is 47.7 Å². The average molecular weight is 553 g/mol. The quantitative estimate of drug-likeness (QED) is 0.225. The molecule has 0 amide bonds. The molecule has 5 rings (SSSR count). The van der Waals surface area contributed by atoms with E-state index in [-0.39, 0.29) is 16.4 Å². The first-order chi connectivity index (χ1) is 19.2. The fourth-order valence-corrected chi connectivity index (χ4v) is 10.8. The van der Waals surface area contributed by atoms with E-state index in [2.05, 4.69) is 104 Å². The first kappa shape index (κ1) is 28.1. The lowest BCUT2D eigenvalue weighted by atomic mass is 9.93.